The van der Waals surface area contributed by atoms with Crippen LogP contribution in [0.1, 0.15) is 30.7 Å². The second kappa shape index (κ2) is 7.77. The zero-order valence-electron chi connectivity index (χ0n) is 14.0. The molecule has 1 aromatic carbocycles. The fraction of sp³-hybridized carbons (Fsp3) is 0.389. The van der Waals surface area contributed by atoms with E-state index in [1.807, 2.05) is 44.2 Å². The summed E-state index contributed by atoms with van der Waals surface area (Å²) < 4.78 is 0. The van der Waals surface area contributed by atoms with E-state index in [0.717, 1.165) is 52.9 Å². The number of aryl methyl sites for hydroxylation is 2. The smallest absolute Gasteiger partial charge is 0.241 e. The van der Waals surface area contributed by atoms with Gasteiger partial charge >= 0.3 is 0 Å². The van der Waals surface area contributed by atoms with Gasteiger partial charge in [0.1, 0.15) is 0 Å². The Balaban J connectivity index is 1.61. The van der Waals surface area contributed by atoms with E-state index in [2.05, 4.69) is 20.6 Å². The highest BCUT2D eigenvalue weighted by Crippen LogP contribution is 2.26. The van der Waals surface area contributed by atoms with Crippen LogP contribution in [0.2, 0.25) is 0 Å². The molecule has 0 bridgehead atoms. The zero-order chi connectivity index (χ0) is 16.9. The lowest BCUT2D eigenvalue weighted by Gasteiger charge is -2.22. The van der Waals surface area contributed by atoms with Gasteiger partial charge in [-0.15, -0.1) is 0 Å². The number of anilines is 1. The van der Waals surface area contributed by atoms with Crippen molar-refractivity contribution in [1.82, 2.24) is 15.3 Å². The van der Waals surface area contributed by atoms with Gasteiger partial charge in [0.15, 0.2) is 5.16 Å². The number of amides is 1. The standard InChI is InChI=1S/C18H22N4OS/c1-12-11-13(2)21-18(20-12)24-15-8-6-14(7-9-15)22-17(23)16-5-3-4-10-19-16/h6-9,11,16,19H,3-5,10H2,1-2H3,(H,22,23). The fourth-order valence-electron chi connectivity index (χ4n) is 2.76. The van der Waals surface area contributed by atoms with Crippen LogP contribution in [0.3, 0.4) is 0 Å². The van der Waals surface area contributed by atoms with Crippen LogP contribution in [0.5, 0.6) is 0 Å². The molecule has 126 valence electrons. The van der Waals surface area contributed by atoms with Gasteiger partial charge in [-0.25, -0.2) is 9.97 Å². The SMILES string of the molecule is Cc1cc(C)nc(Sc2ccc(NC(=O)C3CCCCN3)cc2)n1. The van der Waals surface area contributed by atoms with Gasteiger partial charge in [0, 0.05) is 22.0 Å². The highest BCUT2D eigenvalue weighted by molar-refractivity contribution is 7.99. The Labute approximate surface area is 146 Å². The summed E-state index contributed by atoms with van der Waals surface area (Å²) in [4.78, 5) is 22.1. The van der Waals surface area contributed by atoms with Crippen molar-refractivity contribution >= 4 is 23.4 Å². The van der Waals surface area contributed by atoms with Gasteiger partial charge in [-0.2, -0.15) is 0 Å². The lowest BCUT2D eigenvalue weighted by molar-refractivity contribution is -0.118. The molecule has 1 saturated heterocycles. The van der Waals surface area contributed by atoms with E-state index in [0.29, 0.717) is 0 Å². The van der Waals surface area contributed by atoms with Gasteiger partial charge in [-0.05, 0) is 75.3 Å². The van der Waals surface area contributed by atoms with E-state index in [1.165, 1.54) is 11.8 Å². The molecule has 1 unspecified atom stereocenters. The lowest BCUT2D eigenvalue weighted by atomic mass is 10.0. The third-order valence-electron chi connectivity index (χ3n) is 3.92. The topological polar surface area (TPSA) is 66.9 Å². The number of hydrogen-bond acceptors (Lipinski definition) is 5. The van der Waals surface area contributed by atoms with Gasteiger partial charge in [0.2, 0.25) is 5.91 Å². The number of carbonyl (C=O) groups excluding carboxylic acids is 1. The normalized spacial score (nSPS) is 17.5. The Morgan fingerprint density at radius 2 is 1.88 bits per heavy atom. The maximum Gasteiger partial charge on any atom is 0.241 e. The molecule has 0 spiro atoms. The number of hydrogen-bond donors (Lipinski definition) is 2. The molecule has 6 heteroatoms. The molecule has 3 rings (SSSR count). The van der Waals surface area contributed by atoms with Crippen molar-refractivity contribution in [3.8, 4) is 0 Å². The minimum absolute atomic E-state index is 0.0488. The first-order valence-corrected chi connectivity index (χ1v) is 9.06. The molecule has 1 aliphatic heterocycles. The monoisotopic (exact) mass is 342 g/mol. The highest BCUT2D eigenvalue weighted by Gasteiger charge is 2.20. The van der Waals surface area contributed by atoms with Crippen LogP contribution in [-0.4, -0.2) is 28.5 Å². The molecule has 24 heavy (non-hydrogen) atoms. The number of nitrogens with one attached hydrogen (secondary N) is 2. The molecule has 2 heterocycles. The van der Waals surface area contributed by atoms with Crippen molar-refractivity contribution < 1.29 is 4.79 Å². The largest absolute Gasteiger partial charge is 0.325 e. The van der Waals surface area contributed by atoms with Crippen LogP contribution >= 0.6 is 11.8 Å². The third-order valence-corrected chi connectivity index (χ3v) is 4.79. The molecule has 1 aliphatic rings. The molecule has 0 saturated carbocycles. The number of benzene rings is 1. The van der Waals surface area contributed by atoms with Crippen molar-refractivity contribution in [2.75, 3.05) is 11.9 Å². The molecule has 1 aromatic heterocycles. The molecule has 1 atom stereocenters. The van der Waals surface area contributed by atoms with Gasteiger partial charge < -0.3 is 10.6 Å². The molecule has 1 fully saturated rings. The van der Waals surface area contributed by atoms with Crippen LogP contribution < -0.4 is 10.6 Å². The Morgan fingerprint density at radius 1 is 1.17 bits per heavy atom. The van der Waals surface area contributed by atoms with E-state index in [1.54, 1.807) is 0 Å². The Morgan fingerprint density at radius 3 is 2.50 bits per heavy atom. The molecular formula is C18H22N4OS. The van der Waals surface area contributed by atoms with Gasteiger partial charge in [0.25, 0.3) is 0 Å². The fourth-order valence-corrected chi connectivity index (χ4v) is 3.62. The first-order valence-electron chi connectivity index (χ1n) is 8.24. The van der Waals surface area contributed by atoms with Crippen molar-refractivity contribution in [2.45, 2.75) is 49.2 Å². The van der Waals surface area contributed by atoms with Gasteiger partial charge in [-0.3, -0.25) is 4.79 Å². The minimum Gasteiger partial charge on any atom is -0.325 e. The van der Waals surface area contributed by atoms with Crippen LogP contribution in [0.4, 0.5) is 5.69 Å². The lowest BCUT2D eigenvalue weighted by Crippen LogP contribution is -2.43. The second-order valence-corrected chi connectivity index (χ2v) is 7.09. The van der Waals surface area contributed by atoms with E-state index in [4.69, 9.17) is 0 Å². The van der Waals surface area contributed by atoms with Gasteiger partial charge in [0.05, 0.1) is 6.04 Å². The van der Waals surface area contributed by atoms with Crippen LogP contribution in [-0.2, 0) is 4.79 Å². The summed E-state index contributed by atoms with van der Waals surface area (Å²) in [6.45, 7) is 4.86. The number of carbonyl (C=O) groups is 1. The predicted molar refractivity (Wildman–Crippen MR) is 96.3 cm³/mol. The Hall–Kier alpha value is -1.92. The molecule has 0 aliphatic carbocycles. The summed E-state index contributed by atoms with van der Waals surface area (Å²) in [7, 11) is 0. The van der Waals surface area contributed by atoms with Crippen molar-refractivity contribution in [3.63, 3.8) is 0 Å². The summed E-state index contributed by atoms with van der Waals surface area (Å²) in [6.07, 6.45) is 3.16. The number of rotatable bonds is 4. The molecule has 2 aromatic rings. The summed E-state index contributed by atoms with van der Waals surface area (Å²) in [5.74, 6) is 0.0488. The molecular weight excluding hydrogens is 320 g/mol. The maximum atomic E-state index is 12.2. The summed E-state index contributed by atoms with van der Waals surface area (Å²) in [5.41, 5.74) is 2.75. The zero-order valence-corrected chi connectivity index (χ0v) is 14.8. The molecule has 1 amide bonds. The van der Waals surface area contributed by atoms with Crippen molar-refractivity contribution in [3.05, 3.63) is 41.7 Å². The molecule has 5 nitrogen and oxygen atoms in total. The number of piperidine rings is 1. The van der Waals surface area contributed by atoms with Crippen LogP contribution in [0.15, 0.2) is 40.4 Å². The minimum atomic E-state index is -0.0727. The van der Waals surface area contributed by atoms with E-state index in [9.17, 15) is 4.79 Å². The van der Waals surface area contributed by atoms with E-state index >= 15 is 0 Å². The Kier molecular flexibility index (Phi) is 5.48. The predicted octanol–water partition coefficient (Wildman–Crippen LogP) is 3.33. The Bertz CT molecular complexity index is 691. The average Bonchev–Trinajstić information content (AvgIpc) is 2.56. The maximum absolute atomic E-state index is 12.2. The quantitative estimate of drug-likeness (QED) is 0.834. The van der Waals surface area contributed by atoms with E-state index < -0.39 is 0 Å². The van der Waals surface area contributed by atoms with Crippen molar-refractivity contribution in [2.24, 2.45) is 0 Å². The summed E-state index contributed by atoms with van der Waals surface area (Å²) >= 11 is 1.52. The highest BCUT2D eigenvalue weighted by atomic mass is 32.2. The van der Waals surface area contributed by atoms with Crippen LogP contribution in [0, 0.1) is 13.8 Å². The number of aromatic nitrogens is 2. The molecule has 0 radical (unpaired) electrons. The summed E-state index contributed by atoms with van der Waals surface area (Å²) in [6, 6.07) is 9.70. The average molecular weight is 342 g/mol. The van der Waals surface area contributed by atoms with E-state index in [-0.39, 0.29) is 11.9 Å². The third kappa shape index (κ3) is 4.55. The second-order valence-electron chi connectivity index (χ2n) is 6.05. The first kappa shape index (κ1) is 16.9. The number of nitrogens with zero attached hydrogens (tertiary/aromatic N) is 2. The molecule has 2 N–H and O–H groups in total. The van der Waals surface area contributed by atoms with Crippen molar-refractivity contribution in [1.29, 1.82) is 0 Å². The van der Waals surface area contributed by atoms with Crippen LogP contribution in [0.25, 0.3) is 0 Å². The summed E-state index contributed by atoms with van der Waals surface area (Å²) in [5, 5.41) is 6.99. The first-order chi connectivity index (χ1) is 11.6. The van der Waals surface area contributed by atoms with Gasteiger partial charge in [-0.1, -0.05) is 6.42 Å².